The zero-order valence-electron chi connectivity index (χ0n) is 10.7. The van der Waals surface area contributed by atoms with Crippen molar-refractivity contribution in [2.75, 3.05) is 5.73 Å². The summed E-state index contributed by atoms with van der Waals surface area (Å²) < 4.78 is 15.7. The highest BCUT2D eigenvalue weighted by Gasteiger charge is 2.13. The summed E-state index contributed by atoms with van der Waals surface area (Å²) in [6.07, 6.45) is 1.64. The van der Waals surface area contributed by atoms with E-state index < -0.39 is 0 Å². The fourth-order valence-corrected chi connectivity index (χ4v) is 2.79. The van der Waals surface area contributed by atoms with Crippen molar-refractivity contribution in [1.29, 1.82) is 0 Å². The first-order chi connectivity index (χ1) is 10.0. The predicted molar refractivity (Wildman–Crippen MR) is 86.1 cm³/mol. The van der Waals surface area contributed by atoms with E-state index in [0.717, 1.165) is 10.0 Å². The summed E-state index contributed by atoms with van der Waals surface area (Å²) in [6, 6.07) is 11.6. The molecule has 0 bridgehead atoms. The first-order valence-corrected chi connectivity index (χ1v) is 7.28. The predicted octanol–water partition coefficient (Wildman–Crippen LogP) is 4.68. The van der Waals surface area contributed by atoms with E-state index in [0.29, 0.717) is 22.1 Å². The molecular formula is C15H10BrClFN3. The number of aromatic nitrogens is 2. The maximum absolute atomic E-state index is 13.3. The van der Waals surface area contributed by atoms with Gasteiger partial charge in [-0.3, -0.25) is 0 Å². The molecule has 3 nitrogen and oxygen atoms in total. The van der Waals surface area contributed by atoms with Crippen LogP contribution in [0.3, 0.4) is 0 Å². The molecule has 1 aromatic heterocycles. The molecule has 2 N–H and O–H groups in total. The van der Waals surface area contributed by atoms with Crippen LogP contribution < -0.4 is 5.73 Å². The van der Waals surface area contributed by atoms with E-state index in [4.69, 9.17) is 17.3 Å². The fraction of sp³-hybridized carbons (Fsp3) is 0. The van der Waals surface area contributed by atoms with Crippen molar-refractivity contribution in [1.82, 2.24) is 9.78 Å². The molecule has 21 heavy (non-hydrogen) atoms. The number of rotatable bonds is 2. The van der Waals surface area contributed by atoms with Crippen molar-refractivity contribution < 1.29 is 4.39 Å². The van der Waals surface area contributed by atoms with Gasteiger partial charge in [0, 0.05) is 10.0 Å². The Labute approximate surface area is 134 Å². The lowest BCUT2D eigenvalue weighted by Crippen LogP contribution is -1.95. The minimum Gasteiger partial charge on any atom is -0.396 e. The average molecular weight is 367 g/mol. The molecule has 3 aromatic rings. The van der Waals surface area contributed by atoms with Gasteiger partial charge in [0.1, 0.15) is 11.5 Å². The molecule has 0 aliphatic heterocycles. The van der Waals surface area contributed by atoms with Crippen molar-refractivity contribution >= 4 is 33.2 Å². The highest BCUT2D eigenvalue weighted by atomic mass is 79.9. The van der Waals surface area contributed by atoms with E-state index in [9.17, 15) is 4.39 Å². The van der Waals surface area contributed by atoms with Crippen LogP contribution in [-0.2, 0) is 0 Å². The van der Waals surface area contributed by atoms with Crippen molar-refractivity contribution in [2.24, 2.45) is 0 Å². The van der Waals surface area contributed by atoms with Gasteiger partial charge in [0.25, 0.3) is 0 Å². The van der Waals surface area contributed by atoms with Crippen molar-refractivity contribution in [3.05, 3.63) is 64.0 Å². The molecule has 106 valence electrons. The normalized spacial score (nSPS) is 10.8. The van der Waals surface area contributed by atoms with Gasteiger partial charge in [-0.1, -0.05) is 39.7 Å². The smallest absolute Gasteiger partial charge is 0.125 e. The molecule has 0 spiro atoms. The Morgan fingerprint density at radius 3 is 2.71 bits per heavy atom. The van der Waals surface area contributed by atoms with Gasteiger partial charge in [0.15, 0.2) is 0 Å². The Kier molecular flexibility index (Phi) is 3.69. The van der Waals surface area contributed by atoms with E-state index in [2.05, 4.69) is 21.0 Å². The maximum Gasteiger partial charge on any atom is 0.125 e. The standard InChI is InChI=1S/C15H10BrClFN3/c16-9-4-5-12(13(17)6-9)15-14(19)8-21(20-15)11-3-1-2-10(18)7-11/h1-8H,19H2. The Bertz CT molecular complexity index is 816. The molecule has 0 fully saturated rings. The fourth-order valence-electron chi connectivity index (χ4n) is 2.03. The molecule has 0 amide bonds. The Balaban J connectivity index is 2.10. The number of nitrogen functional groups attached to an aromatic ring is 1. The highest BCUT2D eigenvalue weighted by Crippen LogP contribution is 2.33. The second-order valence-corrected chi connectivity index (χ2v) is 5.80. The molecule has 0 unspecified atom stereocenters. The third kappa shape index (κ3) is 2.80. The number of nitrogens with two attached hydrogens (primary N) is 1. The van der Waals surface area contributed by atoms with Crippen LogP contribution in [0.15, 0.2) is 53.1 Å². The van der Waals surface area contributed by atoms with Crippen molar-refractivity contribution in [3.8, 4) is 16.9 Å². The third-order valence-corrected chi connectivity index (χ3v) is 3.81. The van der Waals surface area contributed by atoms with Gasteiger partial charge in [0.05, 0.1) is 22.6 Å². The largest absolute Gasteiger partial charge is 0.396 e. The summed E-state index contributed by atoms with van der Waals surface area (Å²) >= 11 is 9.58. The van der Waals surface area contributed by atoms with Crippen LogP contribution in [0.1, 0.15) is 0 Å². The molecule has 0 saturated carbocycles. The van der Waals surface area contributed by atoms with Crippen LogP contribution in [0.2, 0.25) is 5.02 Å². The second kappa shape index (κ2) is 5.50. The molecule has 0 atom stereocenters. The lowest BCUT2D eigenvalue weighted by molar-refractivity contribution is 0.625. The van der Waals surface area contributed by atoms with Gasteiger partial charge in [-0.15, -0.1) is 0 Å². The summed E-state index contributed by atoms with van der Waals surface area (Å²) in [5.41, 5.74) is 8.38. The van der Waals surface area contributed by atoms with Crippen molar-refractivity contribution in [2.45, 2.75) is 0 Å². The quantitative estimate of drug-likeness (QED) is 0.716. The molecule has 6 heteroatoms. The number of anilines is 1. The number of nitrogens with zero attached hydrogens (tertiary/aromatic N) is 2. The van der Waals surface area contributed by atoms with E-state index in [1.165, 1.54) is 16.8 Å². The summed E-state index contributed by atoms with van der Waals surface area (Å²) in [4.78, 5) is 0. The Morgan fingerprint density at radius 1 is 1.19 bits per heavy atom. The van der Waals surface area contributed by atoms with Crippen LogP contribution in [0.5, 0.6) is 0 Å². The van der Waals surface area contributed by atoms with E-state index in [-0.39, 0.29) is 5.82 Å². The van der Waals surface area contributed by atoms with Crippen LogP contribution in [0.4, 0.5) is 10.1 Å². The zero-order chi connectivity index (χ0) is 15.0. The lowest BCUT2D eigenvalue weighted by atomic mass is 10.1. The minimum absolute atomic E-state index is 0.329. The average Bonchev–Trinajstić information content (AvgIpc) is 2.81. The van der Waals surface area contributed by atoms with Crippen LogP contribution in [0, 0.1) is 5.82 Å². The maximum atomic E-state index is 13.3. The van der Waals surface area contributed by atoms with Gasteiger partial charge >= 0.3 is 0 Å². The number of benzene rings is 2. The molecular weight excluding hydrogens is 357 g/mol. The first kappa shape index (κ1) is 14.1. The number of hydrogen-bond donors (Lipinski definition) is 1. The lowest BCUT2D eigenvalue weighted by Gasteiger charge is -2.03. The highest BCUT2D eigenvalue weighted by molar-refractivity contribution is 9.10. The van der Waals surface area contributed by atoms with Gasteiger partial charge in [-0.2, -0.15) is 5.10 Å². The monoisotopic (exact) mass is 365 g/mol. The molecule has 0 aliphatic rings. The van der Waals surface area contributed by atoms with E-state index in [1.807, 2.05) is 12.1 Å². The number of hydrogen-bond acceptors (Lipinski definition) is 2. The Hall–Kier alpha value is -1.85. The van der Waals surface area contributed by atoms with E-state index >= 15 is 0 Å². The Morgan fingerprint density at radius 2 is 2.00 bits per heavy atom. The topological polar surface area (TPSA) is 43.8 Å². The molecule has 0 aliphatic carbocycles. The van der Waals surface area contributed by atoms with Crippen LogP contribution >= 0.6 is 27.5 Å². The molecule has 0 saturated heterocycles. The van der Waals surface area contributed by atoms with Gasteiger partial charge < -0.3 is 5.73 Å². The van der Waals surface area contributed by atoms with Crippen LogP contribution in [0.25, 0.3) is 16.9 Å². The molecule has 2 aromatic carbocycles. The molecule has 3 rings (SSSR count). The summed E-state index contributed by atoms with van der Waals surface area (Å²) in [5, 5.41) is 4.95. The molecule has 0 radical (unpaired) electrons. The summed E-state index contributed by atoms with van der Waals surface area (Å²) in [7, 11) is 0. The third-order valence-electron chi connectivity index (χ3n) is 3.00. The number of halogens is 3. The summed E-state index contributed by atoms with van der Waals surface area (Å²) in [6.45, 7) is 0. The summed E-state index contributed by atoms with van der Waals surface area (Å²) in [5.74, 6) is -0.329. The van der Waals surface area contributed by atoms with E-state index in [1.54, 1.807) is 24.4 Å². The second-order valence-electron chi connectivity index (χ2n) is 4.48. The van der Waals surface area contributed by atoms with Gasteiger partial charge in [-0.05, 0) is 30.3 Å². The first-order valence-electron chi connectivity index (χ1n) is 6.11. The molecule has 1 heterocycles. The van der Waals surface area contributed by atoms with Gasteiger partial charge in [-0.25, -0.2) is 9.07 Å². The zero-order valence-corrected chi connectivity index (χ0v) is 13.1. The minimum atomic E-state index is -0.329. The van der Waals surface area contributed by atoms with Crippen LogP contribution in [-0.4, -0.2) is 9.78 Å². The SMILES string of the molecule is Nc1cn(-c2cccc(F)c2)nc1-c1ccc(Br)cc1Cl. The van der Waals surface area contributed by atoms with Gasteiger partial charge in [0.2, 0.25) is 0 Å². The van der Waals surface area contributed by atoms with Crippen molar-refractivity contribution in [3.63, 3.8) is 0 Å².